The molecule has 5 heteroatoms. The van der Waals surface area contributed by atoms with Crippen LogP contribution in [0, 0.1) is 0 Å². The van der Waals surface area contributed by atoms with Crippen molar-refractivity contribution in [2.24, 2.45) is 0 Å². The summed E-state index contributed by atoms with van der Waals surface area (Å²) < 4.78 is 4.91. The van der Waals surface area contributed by atoms with Gasteiger partial charge in [-0.3, -0.25) is 4.90 Å². The number of hydrogen-bond donors (Lipinski definition) is 2. The third kappa shape index (κ3) is 1.88. The minimum Gasteiger partial charge on any atom is -0.389 e. The maximum absolute atomic E-state index is 9.26. The lowest BCUT2D eigenvalue weighted by molar-refractivity contribution is 0.0572. The molecule has 1 saturated heterocycles. The standard InChI is InChI=1S/C8H12N2O3/c11-7-4-10(5-8(7)12)3-6-1-2-9-13-6/h1-2,7-8,11-12H,3-5H2. The molecule has 0 saturated carbocycles. The van der Waals surface area contributed by atoms with Gasteiger partial charge in [0.05, 0.1) is 24.9 Å². The zero-order chi connectivity index (χ0) is 9.26. The number of aliphatic hydroxyl groups is 2. The van der Waals surface area contributed by atoms with E-state index in [9.17, 15) is 10.2 Å². The van der Waals surface area contributed by atoms with Gasteiger partial charge in [0.15, 0.2) is 5.76 Å². The number of hydrogen-bond acceptors (Lipinski definition) is 5. The zero-order valence-electron chi connectivity index (χ0n) is 7.13. The third-order valence-corrected chi connectivity index (χ3v) is 2.21. The molecule has 1 aliphatic heterocycles. The quantitative estimate of drug-likeness (QED) is 0.630. The Hall–Kier alpha value is -0.910. The molecular weight excluding hydrogens is 172 g/mol. The number of nitrogens with zero attached hydrogens (tertiary/aromatic N) is 2. The molecule has 0 aromatic carbocycles. The minimum atomic E-state index is -0.636. The molecule has 1 aromatic heterocycles. The number of aromatic nitrogens is 1. The van der Waals surface area contributed by atoms with E-state index in [2.05, 4.69) is 5.16 Å². The highest BCUT2D eigenvalue weighted by Crippen LogP contribution is 2.13. The number of β-amino-alcohol motifs (C(OH)–C–C–N with tert-alkyl or cyclic N) is 2. The van der Waals surface area contributed by atoms with Crippen molar-refractivity contribution in [3.63, 3.8) is 0 Å². The normalized spacial score (nSPS) is 29.7. The Morgan fingerprint density at radius 1 is 1.46 bits per heavy atom. The van der Waals surface area contributed by atoms with Crippen LogP contribution in [-0.2, 0) is 6.54 Å². The van der Waals surface area contributed by atoms with Crippen molar-refractivity contribution < 1.29 is 14.7 Å². The first-order valence-electron chi connectivity index (χ1n) is 4.24. The third-order valence-electron chi connectivity index (χ3n) is 2.21. The molecule has 2 atom stereocenters. The number of aliphatic hydroxyl groups excluding tert-OH is 2. The highest BCUT2D eigenvalue weighted by molar-refractivity contribution is 4.95. The summed E-state index contributed by atoms with van der Waals surface area (Å²) in [7, 11) is 0. The lowest BCUT2D eigenvalue weighted by atomic mass is 10.3. The minimum absolute atomic E-state index is 0.488. The molecule has 1 aliphatic rings. The summed E-state index contributed by atoms with van der Waals surface area (Å²) in [5, 5.41) is 22.1. The van der Waals surface area contributed by atoms with Crippen molar-refractivity contribution in [3.8, 4) is 0 Å². The molecule has 0 radical (unpaired) electrons. The Morgan fingerprint density at radius 3 is 2.69 bits per heavy atom. The zero-order valence-corrected chi connectivity index (χ0v) is 7.13. The van der Waals surface area contributed by atoms with E-state index in [1.807, 2.05) is 4.90 Å². The van der Waals surface area contributed by atoms with Crippen molar-refractivity contribution in [2.75, 3.05) is 13.1 Å². The lowest BCUT2D eigenvalue weighted by Crippen LogP contribution is -2.22. The maximum Gasteiger partial charge on any atom is 0.150 e. The van der Waals surface area contributed by atoms with Crippen LogP contribution >= 0.6 is 0 Å². The van der Waals surface area contributed by atoms with Crippen LogP contribution in [-0.4, -0.2) is 45.6 Å². The fraction of sp³-hybridized carbons (Fsp3) is 0.625. The van der Waals surface area contributed by atoms with Gasteiger partial charge in [0.1, 0.15) is 0 Å². The van der Waals surface area contributed by atoms with Gasteiger partial charge in [-0.15, -0.1) is 0 Å². The Balaban J connectivity index is 1.91. The van der Waals surface area contributed by atoms with Crippen LogP contribution in [0.2, 0.25) is 0 Å². The topological polar surface area (TPSA) is 69.7 Å². The van der Waals surface area contributed by atoms with Gasteiger partial charge in [0.2, 0.25) is 0 Å². The van der Waals surface area contributed by atoms with Crippen molar-refractivity contribution >= 4 is 0 Å². The highest BCUT2D eigenvalue weighted by atomic mass is 16.5. The van der Waals surface area contributed by atoms with E-state index in [0.717, 1.165) is 5.76 Å². The first-order chi connectivity index (χ1) is 6.25. The molecule has 1 fully saturated rings. The molecule has 0 spiro atoms. The summed E-state index contributed by atoms with van der Waals surface area (Å²) in [4.78, 5) is 1.93. The monoisotopic (exact) mass is 184 g/mol. The van der Waals surface area contributed by atoms with Crippen molar-refractivity contribution in [2.45, 2.75) is 18.8 Å². The highest BCUT2D eigenvalue weighted by Gasteiger charge is 2.29. The average Bonchev–Trinajstić information content (AvgIpc) is 2.64. The van der Waals surface area contributed by atoms with Crippen LogP contribution in [0.15, 0.2) is 16.8 Å². The van der Waals surface area contributed by atoms with E-state index in [1.54, 1.807) is 12.3 Å². The van der Waals surface area contributed by atoms with E-state index >= 15 is 0 Å². The molecule has 1 aromatic rings. The van der Waals surface area contributed by atoms with Gasteiger partial charge in [0.25, 0.3) is 0 Å². The van der Waals surface area contributed by atoms with Crippen molar-refractivity contribution in [3.05, 3.63) is 18.0 Å². The van der Waals surface area contributed by atoms with Crippen LogP contribution in [0.3, 0.4) is 0 Å². The van der Waals surface area contributed by atoms with Crippen molar-refractivity contribution in [1.29, 1.82) is 0 Å². The molecule has 2 heterocycles. The smallest absolute Gasteiger partial charge is 0.150 e. The molecule has 2 N–H and O–H groups in total. The summed E-state index contributed by atoms with van der Waals surface area (Å²) in [6.07, 6.45) is 0.309. The molecule has 5 nitrogen and oxygen atoms in total. The summed E-state index contributed by atoms with van der Waals surface area (Å²) in [6.45, 7) is 1.57. The summed E-state index contributed by atoms with van der Waals surface area (Å²) >= 11 is 0. The summed E-state index contributed by atoms with van der Waals surface area (Å²) in [6, 6.07) is 1.77. The number of likely N-dealkylation sites (tertiary alicyclic amines) is 1. The first-order valence-corrected chi connectivity index (χ1v) is 4.24. The van der Waals surface area contributed by atoms with Gasteiger partial charge in [-0.2, -0.15) is 0 Å². The average molecular weight is 184 g/mol. The maximum atomic E-state index is 9.26. The molecule has 2 rings (SSSR count). The summed E-state index contributed by atoms with van der Waals surface area (Å²) in [5.41, 5.74) is 0. The molecule has 2 unspecified atom stereocenters. The molecule has 13 heavy (non-hydrogen) atoms. The lowest BCUT2D eigenvalue weighted by Gasteiger charge is -2.11. The molecular formula is C8H12N2O3. The Morgan fingerprint density at radius 2 is 2.15 bits per heavy atom. The predicted octanol–water partition coefficient (Wildman–Crippen LogP) is -0.788. The Bertz CT molecular complexity index is 252. The van der Waals surface area contributed by atoms with Crippen LogP contribution in [0.1, 0.15) is 5.76 Å². The van der Waals surface area contributed by atoms with Crippen LogP contribution in [0.5, 0.6) is 0 Å². The van der Waals surface area contributed by atoms with Gasteiger partial charge in [-0.25, -0.2) is 0 Å². The van der Waals surface area contributed by atoms with E-state index < -0.39 is 12.2 Å². The second kappa shape index (κ2) is 3.45. The fourth-order valence-corrected chi connectivity index (χ4v) is 1.52. The summed E-state index contributed by atoms with van der Waals surface area (Å²) in [5.74, 6) is 0.751. The second-order valence-corrected chi connectivity index (χ2v) is 3.31. The largest absolute Gasteiger partial charge is 0.389 e. The second-order valence-electron chi connectivity index (χ2n) is 3.31. The van der Waals surface area contributed by atoms with Crippen LogP contribution in [0.25, 0.3) is 0 Å². The van der Waals surface area contributed by atoms with E-state index in [1.165, 1.54) is 0 Å². The van der Waals surface area contributed by atoms with E-state index in [4.69, 9.17) is 4.52 Å². The fourth-order valence-electron chi connectivity index (χ4n) is 1.52. The Kier molecular flexibility index (Phi) is 2.30. The van der Waals surface area contributed by atoms with Crippen molar-refractivity contribution in [1.82, 2.24) is 10.1 Å². The van der Waals surface area contributed by atoms with E-state index in [-0.39, 0.29) is 0 Å². The molecule has 0 amide bonds. The van der Waals surface area contributed by atoms with Gasteiger partial charge in [-0.1, -0.05) is 5.16 Å². The van der Waals surface area contributed by atoms with Gasteiger partial charge < -0.3 is 14.7 Å². The van der Waals surface area contributed by atoms with Gasteiger partial charge >= 0.3 is 0 Å². The molecule has 0 bridgehead atoms. The van der Waals surface area contributed by atoms with Crippen LogP contribution in [0.4, 0.5) is 0 Å². The van der Waals surface area contributed by atoms with Crippen LogP contribution < -0.4 is 0 Å². The molecule has 72 valence electrons. The Labute approximate surface area is 75.6 Å². The first kappa shape index (κ1) is 8.68. The van der Waals surface area contributed by atoms with Gasteiger partial charge in [0, 0.05) is 19.2 Å². The number of rotatable bonds is 2. The van der Waals surface area contributed by atoms with E-state index in [0.29, 0.717) is 19.6 Å². The SMILES string of the molecule is OC1CN(Cc2ccno2)CC1O. The predicted molar refractivity (Wildman–Crippen MR) is 43.8 cm³/mol. The van der Waals surface area contributed by atoms with Gasteiger partial charge in [-0.05, 0) is 0 Å². The molecule has 0 aliphatic carbocycles.